The first-order valence-corrected chi connectivity index (χ1v) is 5.74. The number of ether oxygens (including phenoxy) is 3. The van der Waals surface area contributed by atoms with Crippen LogP contribution in [0, 0.1) is 0 Å². The van der Waals surface area contributed by atoms with E-state index in [1.54, 1.807) is 7.11 Å². The molecule has 0 bridgehead atoms. The van der Waals surface area contributed by atoms with Crippen LogP contribution in [-0.2, 0) is 20.8 Å². The highest BCUT2D eigenvalue weighted by molar-refractivity contribution is 5.70. The van der Waals surface area contributed by atoms with Crippen LogP contribution in [0.15, 0.2) is 24.3 Å². The highest BCUT2D eigenvalue weighted by atomic mass is 16.6. The van der Waals surface area contributed by atoms with E-state index in [0.29, 0.717) is 19.7 Å². The van der Waals surface area contributed by atoms with Gasteiger partial charge in [-0.25, -0.2) is 4.79 Å². The van der Waals surface area contributed by atoms with E-state index in [1.807, 2.05) is 24.3 Å². The molecule has 0 atom stereocenters. The lowest BCUT2D eigenvalue weighted by atomic mass is 10.2. The van der Waals surface area contributed by atoms with Crippen molar-refractivity contribution in [2.24, 2.45) is 0 Å². The Morgan fingerprint density at radius 1 is 1.33 bits per heavy atom. The Labute approximate surface area is 107 Å². The molecule has 1 aromatic rings. The van der Waals surface area contributed by atoms with Gasteiger partial charge in [0.1, 0.15) is 19.0 Å². The molecule has 1 rings (SSSR count). The van der Waals surface area contributed by atoms with E-state index in [1.165, 1.54) is 7.11 Å². The van der Waals surface area contributed by atoms with Crippen molar-refractivity contribution in [3.05, 3.63) is 29.8 Å². The van der Waals surface area contributed by atoms with E-state index in [0.717, 1.165) is 11.3 Å². The molecule has 0 spiro atoms. The van der Waals surface area contributed by atoms with Gasteiger partial charge in [-0.2, -0.15) is 0 Å². The summed E-state index contributed by atoms with van der Waals surface area (Å²) in [7, 11) is 3.10. The second kappa shape index (κ2) is 8.49. The third kappa shape index (κ3) is 5.65. The van der Waals surface area contributed by atoms with E-state index in [-0.39, 0.29) is 12.6 Å². The predicted octanol–water partition coefficient (Wildman–Crippen LogP) is 0.974. The number of nitrogens with one attached hydrogen (secondary N) is 1. The zero-order chi connectivity index (χ0) is 13.2. The van der Waals surface area contributed by atoms with Gasteiger partial charge in [0.25, 0.3) is 0 Å². The highest BCUT2D eigenvalue weighted by Gasteiger charge is 2.00. The first kappa shape index (κ1) is 14.5. The van der Waals surface area contributed by atoms with Crippen molar-refractivity contribution in [3.63, 3.8) is 0 Å². The van der Waals surface area contributed by atoms with Crippen molar-refractivity contribution in [2.45, 2.75) is 6.54 Å². The van der Waals surface area contributed by atoms with Crippen LogP contribution in [0.2, 0.25) is 0 Å². The number of rotatable bonds is 8. The molecule has 1 aromatic carbocycles. The smallest absolute Gasteiger partial charge is 0.332 e. The second-order valence-corrected chi connectivity index (χ2v) is 3.68. The lowest BCUT2D eigenvalue weighted by Crippen LogP contribution is -2.22. The molecule has 0 heterocycles. The minimum Gasteiger partial charge on any atom is -0.497 e. The van der Waals surface area contributed by atoms with Gasteiger partial charge >= 0.3 is 5.97 Å². The molecule has 0 amide bonds. The molecule has 18 heavy (non-hydrogen) atoms. The lowest BCUT2D eigenvalue weighted by molar-refractivity contribution is -0.147. The molecular weight excluding hydrogens is 234 g/mol. The predicted molar refractivity (Wildman–Crippen MR) is 67.5 cm³/mol. The Balaban J connectivity index is 2.15. The molecular formula is C13H19NO4. The van der Waals surface area contributed by atoms with Gasteiger partial charge in [0, 0.05) is 20.2 Å². The number of carbonyl (C=O) groups is 1. The first-order valence-electron chi connectivity index (χ1n) is 5.74. The van der Waals surface area contributed by atoms with Crippen LogP contribution in [0.3, 0.4) is 0 Å². The minimum absolute atomic E-state index is 0.00408. The zero-order valence-corrected chi connectivity index (χ0v) is 10.8. The summed E-state index contributed by atoms with van der Waals surface area (Å²) in [5.74, 6) is 0.488. The Hall–Kier alpha value is -1.59. The highest BCUT2D eigenvalue weighted by Crippen LogP contribution is 2.11. The zero-order valence-electron chi connectivity index (χ0n) is 10.8. The molecule has 0 saturated heterocycles. The Morgan fingerprint density at radius 3 is 2.89 bits per heavy atom. The molecule has 0 unspecified atom stereocenters. The molecule has 0 aliphatic heterocycles. The first-order chi connectivity index (χ1) is 8.76. The summed E-state index contributed by atoms with van der Waals surface area (Å²) in [6.45, 7) is 1.65. The Bertz CT molecular complexity index is 368. The molecule has 1 N–H and O–H groups in total. The largest absolute Gasteiger partial charge is 0.497 e. The summed E-state index contributed by atoms with van der Waals surface area (Å²) >= 11 is 0. The van der Waals surface area contributed by atoms with Crippen LogP contribution in [0.5, 0.6) is 5.75 Å². The minimum atomic E-state index is -0.347. The normalized spacial score (nSPS) is 10.1. The SMILES string of the molecule is COCC(=O)OCCNCc1cccc(OC)c1. The summed E-state index contributed by atoms with van der Waals surface area (Å²) in [6.07, 6.45) is 0. The van der Waals surface area contributed by atoms with E-state index in [4.69, 9.17) is 9.47 Å². The fourth-order valence-electron chi connectivity index (χ4n) is 1.41. The average Bonchev–Trinajstić information content (AvgIpc) is 2.39. The number of benzene rings is 1. The molecule has 0 fully saturated rings. The quantitative estimate of drug-likeness (QED) is 0.553. The molecule has 0 saturated carbocycles. The maximum Gasteiger partial charge on any atom is 0.332 e. The van der Waals surface area contributed by atoms with Crippen LogP contribution in [0.4, 0.5) is 0 Å². The van der Waals surface area contributed by atoms with E-state index in [2.05, 4.69) is 10.1 Å². The lowest BCUT2D eigenvalue weighted by Gasteiger charge is -2.07. The van der Waals surface area contributed by atoms with Crippen molar-refractivity contribution in [1.29, 1.82) is 0 Å². The molecule has 0 aromatic heterocycles. The number of methoxy groups -OCH3 is 2. The van der Waals surface area contributed by atoms with Gasteiger partial charge in [-0.15, -0.1) is 0 Å². The van der Waals surface area contributed by atoms with Crippen LogP contribution in [-0.4, -0.2) is 39.9 Å². The standard InChI is InChI=1S/C13H19NO4/c1-16-10-13(15)18-7-6-14-9-11-4-3-5-12(8-11)17-2/h3-5,8,14H,6-7,9-10H2,1-2H3. The van der Waals surface area contributed by atoms with Gasteiger partial charge in [-0.05, 0) is 17.7 Å². The fourth-order valence-corrected chi connectivity index (χ4v) is 1.41. The van der Waals surface area contributed by atoms with Gasteiger partial charge in [0.2, 0.25) is 0 Å². The Morgan fingerprint density at radius 2 is 2.17 bits per heavy atom. The molecule has 100 valence electrons. The van der Waals surface area contributed by atoms with Crippen LogP contribution in [0.1, 0.15) is 5.56 Å². The summed E-state index contributed by atoms with van der Waals surface area (Å²) in [5, 5.41) is 3.18. The van der Waals surface area contributed by atoms with E-state index < -0.39 is 0 Å². The summed E-state index contributed by atoms with van der Waals surface area (Å²) < 4.78 is 14.7. The molecule has 5 heteroatoms. The molecule has 0 radical (unpaired) electrons. The molecule has 0 aliphatic rings. The van der Waals surface area contributed by atoms with Crippen molar-refractivity contribution in [3.8, 4) is 5.75 Å². The number of hydrogen-bond acceptors (Lipinski definition) is 5. The maximum absolute atomic E-state index is 11.0. The number of carbonyl (C=O) groups excluding carboxylic acids is 1. The number of esters is 1. The van der Waals surface area contributed by atoms with Gasteiger partial charge in [0.15, 0.2) is 0 Å². The summed E-state index contributed by atoms with van der Waals surface area (Å²) in [5.41, 5.74) is 1.12. The Kier molecular flexibility index (Phi) is 6.83. The van der Waals surface area contributed by atoms with Crippen molar-refractivity contribution in [2.75, 3.05) is 34.0 Å². The van der Waals surface area contributed by atoms with Crippen LogP contribution < -0.4 is 10.1 Å². The summed E-state index contributed by atoms with van der Waals surface area (Å²) in [4.78, 5) is 11.0. The average molecular weight is 253 g/mol. The van der Waals surface area contributed by atoms with Crippen LogP contribution >= 0.6 is 0 Å². The van der Waals surface area contributed by atoms with Crippen molar-refractivity contribution >= 4 is 5.97 Å². The second-order valence-electron chi connectivity index (χ2n) is 3.68. The monoisotopic (exact) mass is 253 g/mol. The van der Waals surface area contributed by atoms with Gasteiger partial charge < -0.3 is 19.5 Å². The van der Waals surface area contributed by atoms with Crippen LogP contribution in [0.25, 0.3) is 0 Å². The molecule has 0 aliphatic carbocycles. The number of hydrogen-bond donors (Lipinski definition) is 1. The third-order valence-electron chi connectivity index (χ3n) is 2.27. The fraction of sp³-hybridized carbons (Fsp3) is 0.462. The summed E-state index contributed by atoms with van der Waals surface area (Å²) in [6, 6.07) is 7.81. The third-order valence-corrected chi connectivity index (χ3v) is 2.27. The van der Waals surface area contributed by atoms with Gasteiger partial charge in [0.05, 0.1) is 7.11 Å². The van der Waals surface area contributed by atoms with Gasteiger partial charge in [-0.1, -0.05) is 12.1 Å². The van der Waals surface area contributed by atoms with Gasteiger partial charge in [-0.3, -0.25) is 0 Å². The topological polar surface area (TPSA) is 56.8 Å². The van der Waals surface area contributed by atoms with Crippen molar-refractivity contribution < 1.29 is 19.0 Å². The van der Waals surface area contributed by atoms with Crippen molar-refractivity contribution in [1.82, 2.24) is 5.32 Å². The maximum atomic E-state index is 11.0. The van der Waals surface area contributed by atoms with E-state index >= 15 is 0 Å². The molecule has 5 nitrogen and oxygen atoms in total. The van der Waals surface area contributed by atoms with E-state index in [9.17, 15) is 4.79 Å².